The Morgan fingerprint density at radius 2 is 1.70 bits per heavy atom. The zero-order valence-corrected chi connectivity index (χ0v) is 26.5. The summed E-state index contributed by atoms with van der Waals surface area (Å²) in [5.74, 6) is 0.450. The van der Waals surface area contributed by atoms with Crippen molar-refractivity contribution in [2.75, 3.05) is 7.05 Å². The van der Waals surface area contributed by atoms with Crippen LogP contribution in [0.2, 0.25) is 0 Å². The van der Waals surface area contributed by atoms with Gasteiger partial charge in [0.15, 0.2) is 0 Å². The van der Waals surface area contributed by atoms with E-state index in [0.717, 1.165) is 65.2 Å². The van der Waals surface area contributed by atoms with Crippen LogP contribution < -0.4 is 5.32 Å². The molecule has 1 N–H and O–H groups in total. The number of Topliss-reactive ketones (excluding diaryl/α,β-unsaturated/α-hetero) is 2. The predicted octanol–water partition coefficient (Wildman–Crippen LogP) is 9.31. The molecule has 0 fully saturated rings. The molecule has 0 unspecified atom stereocenters. The molecule has 3 rings (SSSR count). The van der Waals surface area contributed by atoms with Gasteiger partial charge in [0.25, 0.3) is 0 Å². The van der Waals surface area contributed by atoms with Gasteiger partial charge in [-0.2, -0.15) is 0 Å². The van der Waals surface area contributed by atoms with Crippen molar-refractivity contribution in [3.05, 3.63) is 51.9 Å². The summed E-state index contributed by atoms with van der Waals surface area (Å²) in [6.07, 6.45) is 6.54. The molecule has 0 aliphatic carbocycles. The predicted molar refractivity (Wildman–Crippen MR) is 168 cm³/mol. The summed E-state index contributed by atoms with van der Waals surface area (Å²) in [5.41, 5.74) is 2.86. The Labute approximate surface area is 247 Å². The van der Waals surface area contributed by atoms with Crippen molar-refractivity contribution < 1.29 is 14.0 Å². The van der Waals surface area contributed by atoms with Gasteiger partial charge in [-0.15, -0.1) is 22.7 Å². The standard InChI is InChI=1S/C33H45FN2O2S2/c1-7-8-10-24(15-18-30(38)27(33(3,4)5)11-9-12-29(37)22(2)35-6)32-36-28(21-40-32)31-26(19-20-39-31)23-13-16-25(34)17-14-23/h13-14,16-17,19-22,24,27,35H,7-12,15,18H2,1-6H3/t22-,24+,27+/m0/s1. The fourth-order valence-electron chi connectivity index (χ4n) is 5.21. The number of hydrogen-bond donors (Lipinski definition) is 1. The van der Waals surface area contributed by atoms with Crippen molar-refractivity contribution >= 4 is 34.2 Å². The number of hydrogen-bond acceptors (Lipinski definition) is 6. The molecule has 0 amide bonds. The molecule has 40 heavy (non-hydrogen) atoms. The van der Waals surface area contributed by atoms with Crippen molar-refractivity contribution in [2.24, 2.45) is 11.3 Å². The van der Waals surface area contributed by atoms with E-state index in [-0.39, 0.29) is 34.9 Å². The number of aromatic nitrogens is 1. The third-order valence-electron chi connectivity index (χ3n) is 7.84. The monoisotopic (exact) mass is 584 g/mol. The van der Waals surface area contributed by atoms with Crippen LogP contribution in [0.5, 0.6) is 0 Å². The second kappa shape index (κ2) is 15.1. The maximum absolute atomic E-state index is 13.5. The number of halogens is 1. The lowest BCUT2D eigenvalue weighted by Gasteiger charge is -2.30. The summed E-state index contributed by atoms with van der Waals surface area (Å²) in [6, 6.07) is 8.53. The highest BCUT2D eigenvalue weighted by Crippen LogP contribution is 2.40. The van der Waals surface area contributed by atoms with E-state index in [4.69, 9.17) is 4.98 Å². The Bertz CT molecular complexity index is 1230. The normalized spacial score (nSPS) is 14.2. The Kier molecular flexibility index (Phi) is 12.2. The number of carbonyl (C=O) groups excluding carboxylic acids is 2. The molecule has 0 spiro atoms. The molecule has 0 saturated heterocycles. The first-order valence-corrected chi connectivity index (χ1v) is 16.3. The van der Waals surface area contributed by atoms with Crippen LogP contribution in [0.4, 0.5) is 4.39 Å². The Hall–Kier alpha value is -2.22. The maximum atomic E-state index is 13.5. The van der Waals surface area contributed by atoms with Gasteiger partial charge in [0.05, 0.1) is 21.6 Å². The number of nitrogens with one attached hydrogen (secondary N) is 1. The Morgan fingerprint density at radius 1 is 0.975 bits per heavy atom. The van der Waals surface area contributed by atoms with Crippen molar-refractivity contribution in [3.8, 4) is 21.7 Å². The first-order chi connectivity index (χ1) is 19.0. The summed E-state index contributed by atoms with van der Waals surface area (Å²) in [6.45, 7) is 10.5. The first kappa shape index (κ1) is 32.3. The first-order valence-electron chi connectivity index (χ1n) is 14.6. The molecular formula is C33H45FN2O2S2. The molecule has 4 nitrogen and oxygen atoms in total. The molecule has 0 aliphatic rings. The van der Waals surface area contributed by atoms with Crippen molar-refractivity contribution in [2.45, 2.75) is 97.9 Å². The fraction of sp³-hybridized carbons (Fsp3) is 0.545. The van der Waals surface area contributed by atoms with Crippen LogP contribution in [0.25, 0.3) is 21.7 Å². The number of nitrogens with zero attached hydrogens (tertiary/aromatic N) is 1. The molecule has 0 aliphatic heterocycles. The SMILES string of the molecule is CCCC[C@H](CCC(=O)[C@@H](CCCC(=O)[C@H](C)NC)C(C)(C)C)c1nc(-c2sccc2-c2ccc(F)cc2)cs1. The molecular weight excluding hydrogens is 540 g/mol. The molecule has 3 atom stereocenters. The molecule has 218 valence electrons. The second-order valence-electron chi connectivity index (χ2n) is 11.9. The van der Waals surface area contributed by atoms with Crippen LogP contribution in [-0.2, 0) is 9.59 Å². The third-order valence-corrected chi connectivity index (χ3v) is 9.78. The molecule has 2 heterocycles. The van der Waals surface area contributed by atoms with Gasteiger partial charge in [0.2, 0.25) is 0 Å². The van der Waals surface area contributed by atoms with Gasteiger partial charge in [0, 0.05) is 35.6 Å². The van der Waals surface area contributed by atoms with E-state index in [2.05, 4.69) is 49.8 Å². The fourth-order valence-corrected chi connectivity index (χ4v) is 7.15. The number of likely N-dealkylation sites (N-methyl/N-ethyl adjacent to an activating group) is 1. The summed E-state index contributed by atoms with van der Waals surface area (Å²) in [7, 11) is 1.80. The molecule has 1 aromatic carbocycles. The number of unbranched alkanes of at least 4 members (excludes halogenated alkanes) is 1. The average Bonchev–Trinajstić information content (AvgIpc) is 3.60. The van der Waals surface area contributed by atoms with E-state index in [1.54, 1.807) is 29.7 Å². The molecule has 0 bridgehead atoms. The summed E-state index contributed by atoms with van der Waals surface area (Å²) in [4.78, 5) is 32.0. The minimum atomic E-state index is -0.240. The number of thiophene rings is 1. The zero-order chi connectivity index (χ0) is 29.3. The van der Waals surface area contributed by atoms with Crippen LogP contribution in [0.1, 0.15) is 96.9 Å². The summed E-state index contributed by atoms with van der Waals surface area (Å²) in [5, 5.41) is 8.28. The highest BCUT2D eigenvalue weighted by Gasteiger charge is 2.31. The van der Waals surface area contributed by atoms with E-state index in [1.165, 1.54) is 12.1 Å². The lowest BCUT2D eigenvalue weighted by atomic mass is 9.74. The van der Waals surface area contributed by atoms with E-state index in [1.807, 2.05) is 19.1 Å². The van der Waals surface area contributed by atoms with Gasteiger partial charge in [-0.3, -0.25) is 9.59 Å². The Balaban J connectivity index is 1.71. The van der Waals surface area contributed by atoms with E-state index < -0.39 is 0 Å². The molecule has 2 aromatic heterocycles. The largest absolute Gasteiger partial charge is 0.311 e. The van der Waals surface area contributed by atoms with Gasteiger partial charge in [0.1, 0.15) is 17.4 Å². The minimum Gasteiger partial charge on any atom is -0.311 e. The third kappa shape index (κ3) is 8.89. The quantitative estimate of drug-likeness (QED) is 0.182. The number of carbonyl (C=O) groups is 2. The van der Waals surface area contributed by atoms with Gasteiger partial charge in [-0.25, -0.2) is 9.37 Å². The lowest BCUT2D eigenvalue weighted by molar-refractivity contribution is -0.127. The summed E-state index contributed by atoms with van der Waals surface area (Å²) >= 11 is 3.33. The van der Waals surface area contributed by atoms with Gasteiger partial charge in [-0.1, -0.05) is 52.7 Å². The van der Waals surface area contributed by atoms with Gasteiger partial charge >= 0.3 is 0 Å². The van der Waals surface area contributed by atoms with Crippen LogP contribution in [-0.4, -0.2) is 29.6 Å². The highest BCUT2D eigenvalue weighted by atomic mass is 32.1. The number of rotatable bonds is 16. The molecule has 7 heteroatoms. The van der Waals surface area contributed by atoms with Crippen LogP contribution >= 0.6 is 22.7 Å². The van der Waals surface area contributed by atoms with Gasteiger partial charge < -0.3 is 5.32 Å². The Morgan fingerprint density at radius 3 is 2.35 bits per heavy atom. The smallest absolute Gasteiger partial charge is 0.149 e. The average molecular weight is 585 g/mol. The number of benzene rings is 1. The van der Waals surface area contributed by atoms with Crippen molar-refractivity contribution in [3.63, 3.8) is 0 Å². The lowest BCUT2D eigenvalue weighted by Crippen LogP contribution is -2.32. The second-order valence-corrected chi connectivity index (χ2v) is 13.7. The molecule has 3 aromatic rings. The maximum Gasteiger partial charge on any atom is 0.149 e. The van der Waals surface area contributed by atoms with Crippen LogP contribution in [0.15, 0.2) is 41.1 Å². The number of ketones is 2. The number of thiazole rings is 1. The topological polar surface area (TPSA) is 59.1 Å². The zero-order valence-electron chi connectivity index (χ0n) is 24.9. The van der Waals surface area contributed by atoms with Crippen LogP contribution in [0.3, 0.4) is 0 Å². The molecule has 0 saturated carbocycles. The highest BCUT2D eigenvalue weighted by molar-refractivity contribution is 7.15. The van der Waals surface area contributed by atoms with Gasteiger partial charge in [-0.05, 0) is 74.2 Å². The summed E-state index contributed by atoms with van der Waals surface area (Å²) < 4.78 is 13.5. The van der Waals surface area contributed by atoms with Crippen molar-refractivity contribution in [1.29, 1.82) is 0 Å². The van der Waals surface area contributed by atoms with Crippen molar-refractivity contribution in [1.82, 2.24) is 10.3 Å². The van der Waals surface area contributed by atoms with Crippen LogP contribution in [0, 0.1) is 17.2 Å². The van der Waals surface area contributed by atoms with E-state index >= 15 is 0 Å². The minimum absolute atomic E-state index is 0.0618. The van der Waals surface area contributed by atoms with E-state index in [0.29, 0.717) is 18.6 Å². The molecule has 0 radical (unpaired) electrons. The van der Waals surface area contributed by atoms with E-state index in [9.17, 15) is 14.0 Å².